The predicted molar refractivity (Wildman–Crippen MR) is 119 cm³/mol. The Hall–Kier alpha value is -1.73. The van der Waals surface area contributed by atoms with E-state index in [1.54, 1.807) is 30.3 Å². The molecule has 0 aliphatic carbocycles. The number of aliphatic carboxylic acids is 1. The number of carbonyl (C=O) groups excluding carboxylic acids is 1. The Morgan fingerprint density at radius 2 is 1.65 bits per heavy atom. The van der Waals surface area contributed by atoms with Crippen molar-refractivity contribution in [2.75, 3.05) is 0 Å². The van der Waals surface area contributed by atoms with Gasteiger partial charge in [0.05, 0.1) is 17.0 Å². The van der Waals surface area contributed by atoms with E-state index in [1.165, 1.54) is 0 Å². The molecule has 0 saturated heterocycles. The second kappa shape index (κ2) is 15.1. The van der Waals surface area contributed by atoms with Crippen LogP contribution in [-0.2, 0) is 38.5 Å². The summed E-state index contributed by atoms with van der Waals surface area (Å²) in [4.78, 5) is 22.7. The number of carboxylic acids is 1. The average Bonchev–Trinajstić information content (AvgIpc) is 3.18. The molecule has 0 radical (unpaired) electrons. The first kappa shape index (κ1) is 29.3. The summed E-state index contributed by atoms with van der Waals surface area (Å²) in [6.07, 6.45) is 1.61. The molecule has 1 heterocycles. The van der Waals surface area contributed by atoms with Crippen molar-refractivity contribution >= 4 is 20.0 Å². The van der Waals surface area contributed by atoms with Crippen LogP contribution in [0, 0.1) is 6.20 Å². The summed E-state index contributed by atoms with van der Waals surface area (Å²) in [7, 11) is -0.0957. The number of hydrogen-bond acceptors (Lipinski definition) is 5. The van der Waals surface area contributed by atoms with E-state index < -0.39 is 18.1 Å². The third-order valence-corrected chi connectivity index (χ3v) is 8.41. The summed E-state index contributed by atoms with van der Waals surface area (Å²) in [6.45, 7) is 14.1. The van der Waals surface area contributed by atoms with Crippen molar-refractivity contribution in [3.8, 4) is 0 Å². The van der Waals surface area contributed by atoms with Crippen LogP contribution in [0.3, 0.4) is 0 Å². The Bertz CT molecular complexity index is 739. The van der Waals surface area contributed by atoms with Gasteiger partial charge in [-0.25, -0.2) is 9.59 Å². The number of aromatic amines is 1. The summed E-state index contributed by atoms with van der Waals surface area (Å²) in [5.74, 6) is -1.18. The van der Waals surface area contributed by atoms with Crippen molar-refractivity contribution in [2.24, 2.45) is 0 Å². The van der Waals surface area contributed by atoms with E-state index in [-0.39, 0.29) is 36.9 Å². The number of nitrogens with one attached hydrogen (secondary N) is 2. The summed E-state index contributed by atoms with van der Waals surface area (Å²) in [5, 5.41) is 20.7. The first-order valence-corrected chi connectivity index (χ1v) is 11.7. The second-order valence-corrected chi connectivity index (χ2v) is 12.2. The fourth-order valence-electron chi connectivity index (χ4n) is 3.49. The van der Waals surface area contributed by atoms with Crippen molar-refractivity contribution in [3.05, 3.63) is 47.8 Å². The number of carboxylic acid groups (broad SMARTS) is 1. The molecule has 2 rings (SSSR count). The van der Waals surface area contributed by atoms with Gasteiger partial charge >= 0.3 is 34.4 Å². The molecule has 0 aliphatic rings. The minimum atomic E-state index is -1.18. The molecule has 0 aliphatic heterocycles. The Kier molecular flexibility index (Phi) is 14.3. The van der Waals surface area contributed by atoms with Crippen molar-refractivity contribution in [3.63, 3.8) is 0 Å². The van der Waals surface area contributed by atoms with Crippen molar-refractivity contribution < 1.29 is 41.8 Å². The van der Waals surface area contributed by atoms with Crippen LogP contribution in [0.25, 0.3) is 0 Å². The Labute approximate surface area is 201 Å². The predicted octanol–water partition coefficient (Wildman–Crippen LogP) is 4.08. The molecule has 31 heavy (non-hydrogen) atoms. The van der Waals surface area contributed by atoms with Gasteiger partial charge in [-0.15, -0.1) is 5.21 Å². The molecule has 0 fully saturated rings. The van der Waals surface area contributed by atoms with Gasteiger partial charge in [0.15, 0.2) is 6.04 Å². The quantitative estimate of drug-likeness (QED) is 0.229. The van der Waals surface area contributed by atoms with Gasteiger partial charge in [0.1, 0.15) is 6.61 Å². The van der Waals surface area contributed by atoms with Crippen LogP contribution in [0.5, 0.6) is 0 Å². The van der Waals surface area contributed by atoms with Gasteiger partial charge < -0.3 is 26.5 Å². The number of nitrogens with zero attached hydrogens (tertiary/aromatic N) is 2. The zero-order valence-corrected chi connectivity index (χ0v) is 21.9. The van der Waals surface area contributed by atoms with Gasteiger partial charge in [-0.3, -0.25) is 5.10 Å². The largest absolute Gasteiger partial charge is 1.00 e. The fourth-order valence-corrected chi connectivity index (χ4v) is 7.49. The van der Waals surface area contributed by atoms with Crippen LogP contribution >= 0.6 is 7.92 Å². The topological polar surface area (TPSA) is 117 Å². The third-order valence-electron chi connectivity index (χ3n) is 4.41. The second-order valence-electron chi connectivity index (χ2n) is 7.77. The van der Waals surface area contributed by atoms with Crippen molar-refractivity contribution in [1.82, 2.24) is 20.7 Å². The van der Waals surface area contributed by atoms with Crippen LogP contribution < -0.4 is 5.32 Å². The van der Waals surface area contributed by atoms with Gasteiger partial charge in [0.25, 0.3) is 0 Å². The smallest absolute Gasteiger partial charge is 0.479 e. The summed E-state index contributed by atoms with van der Waals surface area (Å²) in [5.41, 5.74) is 3.64. The number of ether oxygens (including phenoxy) is 1. The maximum absolute atomic E-state index is 11.6. The normalized spacial score (nSPS) is 11.5. The van der Waals surface area contributed by atoms with Gasteiger partial charge in [0, 0.05) is 7.92 Å². The fraction of sp³-hybridized carbons (Fsp3) is 0.524. The number of rotatable bonds is 8. The molecule has 3 N–H and O–H groups in total. The van der Waals surface area contributed by atoms with E-state index in [0.717, 1.165) is 17.0 Å². The molecule has 0 spiro atoms. The number of amides is 1. The zero-order chi connectivity index (χ0) is 22.7. The molecule has 176 valence electrons. The van der Waals surface area contributed by atoms with E-state index in [0.29, 0.717) is 11.3 Å². The Morgan fingerprint density at radius 1 is 1.10 bits per heavy atom. The number of H-pyrrole nitrogens is 1. The monoisotopic (exact) mass is 633 g/mol. The number of carbonyl (C=O) groups is 2. The number of alkyl carbamates (subject to hydrolysis) is 1. The van der Waals surface area contributed by atoms with Gasteiger partial charge in [-0.05, 0) is 47.1 Å². The molecular weight excluding hydrogens is 600 g/mol. The van der Waals surface area contributed by atoms with E-state index >= 15 is 0 Å². The van der Waals surface area contributed by atoms with Gasteiger partial charge in [0.2, 0.25) is 0 Å². The van der Waals surface area contributed by atoms with Gasteiger partial charge in [-0.1, -0.05) is 36.0 Å². The van der Waals surface area contributed by atoms with Crippen LogP contribution in [0.2, 0.25) is 0 Å². The molecule has 0 unspecified atom stereocenters. The van der Waals surface area contributed by atoms with E-state index in [2.05, 4.69) is 68.5 Å². The van der Waals surface area contributed by atoms with E-state index in [9.17, 15) is 9.59 Å². The molecule has 10 heteroatoms. The summed E-state index contributed by atoms with van der Waals surface area (Å²) < 4.78 is 4.83. The van der Waals surface area contributed by atoms with E-state index in [4.69, 9.17) is 9.84 Å². The maximum atomic E-state index is 11.6. The maximum Gasteiger partial charge on any atom is 1.00 e. The molecule has 0 saturated carbocycles. The van der Waals surface area contributed by atoms with Crippen LogP contribution in [-0.4, -0.2) is 49.6 Å². The van der Waals surface area contributed by atoms with Crippen LogP contribution in [0.4, 0.5) is 4.79 Å². The SMILES string of the molecule is CC(C)[PH+](C(C)C)C(C)C.O=C(N[C@@H](C(=O)O)c1ccccc1)OCc1[c-]nn[nH]1.[Au+]. The summed E-state index contributed by atoms with van der Waals surface area (Å²) >= 11 is 0. The molecule has 1 amide bonds. The molecule has 0 bridgehead atoms. The average molecular weight is 633 g/mol. The van der Waals surface area contributed by atoms with E-state index in [1.807, 2.05) is 0 Å². The molecular formula is C21H33AuN4O4P+. The minimum Gasteiger partial charge on any atom is -0.479 e. The molecule has 8 nitrogen and oxygen atoms in total. The minimum absolute atomic E-state index is 0. The molecule has 1 atom stereocenters. The Morgan fingerprint density at radius 3 is 2.03 bits per heavy atom. The first-order chi connectivity index (χ1) is 14.1. The Balaban J connectivity index is 0.000000701. The van der Waals surface area contributed by atoms with Crippen molar-refractivity contribution in [1.29, 1.82) is 0 Å². The molecule has 1 aromatic carbocycles. The number of benzene rings is 1. The number of hydrogen-bond donors (Lipinski definition) is 3. The molecule has 2 aromatic rings. The van der Waals surface area contributed by atoms with Crippen molar-refractivity contribution in [2.45, 2.75) is 71.2 Å². The van der Waals surface area contributed by atoms with Crippen LogP contribution in [0.1, 0.15) is 58.8 Å². The van der Waals surface area contributed by atoms with Crippen LogP contribution in [0.15, 0.2) is 30.3 Å². The molecule has 1 aromatic heterocycles. The number of aromatic nitrogens is 3. The first-order valence-electron chi connectivity index (χ1n) is 9.98. The standard InChI is InChI=1S/C12H11N4O4.C9H21P.Au/c17-11(18)10(8-4-2-1-3-5-8)14-12(19)20-7-9-6-13-16-15-9;1-7(2)10(8(3)4)9(5)6;/h1-5,10H,7H2,(H,14,19)(H,17,18)(H,13,15,16);7-9H,1-6H3;/q-1;;+1/p+1/t10-;;/m1../s1. The van der Waals surface area contributed by atoms with Gasteiger partial charge in [-0.2, -0.15) is 0 Å². The summed E-state index contributed by atoms with van der Waals surface area (Å²) in [6, 6.07) is 7.15. The third kappa shape index (κ3) is 10.9. The zero-order valence-electron chi connectivity index (χ0n) is 18.8.